The number of rotatable bonds is 8. The molecule has 0 aromatic heterocycles. The van der Waals surface area contributed by atoms with Crippen LogP contribution in [0.25, 0.3) is 0 Å². The number of para-hydroxylation sites is 1. The van der Waals surface area contributed by atoms with Crippen molar-refractivity contribution in [3.05, 3.63) is 60.2 Å². The number of anilines is 2. The van der Waals surface area contributed by atoms with E-state index < -0.39 is 5.91 Å². The zero-order chi connectivity index (χ0) is 19.6. The molecule has 0 spiro atoms. The maximum Gasteiger partial charge on any atom is 0.243 e. The van der Waals surface area contributed by atoms with Gasteiger partial charge >= 0.3 is 0 Å². The minimum atomic E-state index is -0.391. The monoisotopic (exact) mass is 404 g/mol. The van der Waals surface area contributed by atoms with Gasteiger partial charge in [-0.2, -0.15) is 0 Å². The lowest BCUT2D eigenvalue weighted by atomic mass is 10.1. The van der Waals surface area contributed by atoms with Crippen molar-refractivity contribution in [1.29, 1.82) is 0 Å². The highest BCUT2D eigenvalue weighted by molar-refractivity contribution is 5.96. The van der Waals surface area contributed by atoms with Crippen molar-refractivity contribution in [2.75, 3.05) is 29.9 Å². The molecule has 2 aromatic carbocycles. The standard InChI is InChI=1S/C20H24N4O3.ClH/c1-2-24(17-6-4-3-5-7-17)20(27)12-15-8-10-16(11-9-15)23-19(26)14-22-18(25)13-21;/h3-11H,2,12-14,21H2,1H3,(H,22,25)(H,23,26);1H. The third-order valence-electron chi connectivity index (χ3n) is 3.91. The van der Waals surface area contributed by atoms with Gasteiger partial charge in [0.25, 0.3) is 0 Å². The summed E-state index contributed by atoms with van der Waals surface area (Å²) in [7, 11) is 0. The molecule has 0 atom stereocenters. The van der Waals surface area contributed by atoms with Gasteiger partial charge in [-0.25, -0.2) is 0 Å². The molecule has 150 valence electrons. The molecule has 2 aromatic rings. The molecule has 0 aliphatic rings. The lowest BCUT2D eigenvalue weighted by Crippen LogP contribution is -2.36. The van der Waals surface area contributed by atoms with Gasteiger partial charge < -0.3 is 21.3 Å². The zero-order valence-electron chi connectivity index (χ0n) is 15.7. The summed E-state index contributed by atoms with van der Waals surface area (Å²) in [5.74, 6) is -0.732. The Labute approximate surface area is 170 Å². The van der Waals surface area contributed by atoms with Crippen LogP contribution in [0.1, 0.15) is 12.5 Å². The van der Waals surface area contributed by atoms with Crippen LogP contribution in [0.4, 0.5) is 11.4 Å². The average Bonchev–Trinajstić information content (AvgIpc) is 2.69. The summed E-state index contributed by atoms with van der Waals surface area (Å²) in [5.41, 5.74) is 7.47. The summed E-state index contributed by atoms with van der Waals surface area (Å²) in [5, 5.41) is 5.07. The molecule has 0 saturated carbocycles. The Morgan fingerprint density at radius 2 is 1.61 bits per heavy atom. The second-order valence-corrected chi connectivity index (χ2v) is 5.88. The Hall–Kier alpha value is -2.90. The van der Waals surface area contributed by atoms with E-state index in [4.69, 9.17) is 5.73 Å². The van der Waals surface area contributed by atoms with E-state index >= 15 is 0 Å². The van der Waals surface area contributed by atoms with Crippen molar-refractivity contribution in [3.8, 4) is 0 Å². The Kier molecular flexibility index (Phi) is 9.70. The number of carbonyl (C=O) groups excluding carboxylic acids is 3. The Morgan fingerprint density at radius 1 is 0.964 bits per heavy atom. The topological polar surface area (TPSA) is 105 Å². The fraction of sp³-hybridized carbons (Fsp3) is 0.250. The number of hydrogen-bond donors (Lipinski definition) is 3. The van der Waals surface area contributed by atoms with Crippen LogP contribution in [-0.4, -0.2) is 37.4 Å². The van der Waals surface area contributed by atoms with E-state index in [0.717, 1.165) is 11.3 Å². The number of nitrogens with one attached hydrogen (secondary N) is 2. The second-order valence-electron chi connectivity index (χ2n) is 5.88. The summed E-state index contributed by atoms with van der Waals surface area (Å²) in [4.78, 5) is 37.1. The molecule has 0 radical (unpaired) electrons. The maximum atomic E-state index is 12.6. The van der Waals surface area contributed by atoms with Gasteiger partial charge in [0, 0.05) is 17.9 Å². The van der Waals surface area contributed by atoms with Crippen LogP contribution < -0.4 is 21.3 Å². The number of hydrogen-bond acceptors (Lipinski definition) is 4. The first kappa shape index (κ1) is 23.1. The minimum absolute atomic E-state index is 0. The van der Waals surface area contributed by atoms with Gasteiger partial charge in [0.15, 0.2) is 0 Å². The fourth-order valence-electron chi connectivity index (χ4n) is 2.54. The van der Waals surface area contributed by atoms with Crippen LogP contribution in [0.5, 0.6) is 0 Å². The highest BCUT2D eigenvalue weighted by Gasteiger charge is 2.14. The number of nitrogens with two attached hydrogens (primary N) is 1. The fourth-order valence-corrected chi connectivity index (χ4v) is 2.54. The lowest BCUT2D eigenvalue weighted by molar-refractivity contribution is -0.123. The molecule has 3 amide bonds. The van der Waals surface area contributed by atoms with Crippen molar-refractivity contribution in [3.63, 3.8) is 0 Å². The Bertz CT molecular complexity index is 782. The van der Waals surface area contributed by atoms with Crippen molar-refractivity contribution in [1.82, 2.24) is 5.32 Å². The second kappa shape index (κ2) is 11.7. The van der Waals surface area contributed by atoms with Crippen molar-refractivity contribution < 1.29 is 14.4 Å². The SMILES string of the molecule is CCN(C(=O)Cc1ccc(NC(=O)CNC(=O)CN)cc1)c1ccccc1.Cl. The summed E-state index contributed by atoms with van der Waals surface area (Å²) in [6.07, 6.45) is 0.267. The zero-order valence-corrected chi connectivity index (χ0v) is 16.5. The summed E-state index contributed by atoms with van der Waals surface area (Å²) < 4.78 is 0. The third-order valence-corrected chi connectivity index (χ3v) is 3.91. The van der Waals surface area contributed by atoms with E-state index in [1.54, 1.807) is 29.2 Å². The molecular formula is C20H25ClN4O3. The molecule has 8 heteroatoms. The number of halogens is 1. The number of likely N-dealkylation sites (N-methyl/N-ethyl adjacent to an activating group) is 1. The molecule has 7 nitrogen and oxygen atoms in total. The van der Waals surface area contributed by atoms with Gasteiger partial charge in [0.05, 0.1) is 19.5 Å². The quantitative estimate of drug-likeness (QED) is 0.623. The molecule has 0 aliphatic carbocycles. The number of carbonyl (C=O) groups is 3. The van der Waals surface area contributed by atoms with E-state index in [1.807, 2.05) is 37.3 Å². The van der Waals surface area contributed by atoms with Gasteiger partial charge in [0.1, 0.15) is 0 Å². The Balaban J connectivity index is 0.00000392. The van der Waals surface area contributed by atoms with Gasteiger partial charge in [-0.15, -0.1) is 12.4 Å². The summed E-state index contributed by atoms with van der Waals surface area (Å²) in [6, 6.07) is 16.6. The number of benzene rings is 2. The largest absolute Gasteiger partial charge is 0.346 e. The van der Waals surface area contributed by atoms with Gasteiger partial charge in [0.2, 0.25) is 17.7 Å². The lowest BCUT2D eigenvalue weighted by Gasteiger charge is -2.21. The molecule has 0 bridgehead atoms. The molecule has 28 heavy (non-hydrogen) atoms. The van der Waals surface area contributed by atoms with Crippen LogP contribution in [0.15, 0.2) is 54.6 Å². The van der Waals surface area contributed by atoms with E-state index in [9.17, 15) is 14.4 Å². The molecular weight excluding hydrogens is 380 g/mol. The molecule has 0 fully saturated rings. The molecule has 0 aliphatic heterocycles. The van der Waals surface area contributed by atoms with Gasteiger partial charge in [-0.3, -0.25) is 14.4 Å². The highest BCUT2D eigenvalue weighted by atomic mass is 35.5. The van der Waals surface area contributed by atoms with Crippen LogP contribution in [0, 0.1) is 0 Å². The van der Waals surface area contributed by atoms with Crippen LogP contribution in [0.2, 0.25) is 0 Å². The van der Waals surface area contributed by atoms with E-state index in [0.29, 0.717) is 12.2 Å². The van der Waals surface area contributed by atoms with Crippen LogP contribution >= 0.6 is 12.4 Å². The number of amides is 3. The minimum Gasteiger partial charge on any atom is -0.346 e. The first-order valence-electron chi connectivity index (χ1n) is 8.74. The average molecular weight is 405 g/mol. The normalized spacial score (nSPS) is 9.79. The maximum absolute atomic E-state index is 12.6. The van der Waals surface area contributed by atoms with Gasteiger partial charge in [-0.05, 0) is 36.8 Å². The summed E-state index contributed by atoms with van der Waals surface area (Å²) in [6.45, 7) is 2.23. The van der Waals surface area contributed by atoms with Crippen molar-refractivity contribution in [2.45, 2.75) is 13.3 Å². The summed E-state index contributed by atoms with van der Waals surface area (Å²) >= 11 is 0. The molecule has 0 saturated heterocycles. The number of nitrogens with zero attached hydrogens (tertiary/aromatic N) is 1. The molecule has 0 heterocycles. The van der Waals surface area contributed by atoms with E-state index in [2.05, 4.69) is 10.6 Å². The molecule has 4 N–H and O–H groups in total. The highest BCUT2D eigenvalue weighted by Crippen LogP contribution is 2.16. The molecule has 2 rings (SSSR count). The smallest absolute Gasteiger partial charge is 0.243 e. The third kappa shape index (κ3) is 7.02. The van der Waals surface area contributed by atoms with Crippen molar-refractivity contribution >= 4 is 41.5 Å². The van der Waals surface area contributed by atoms with Gasteiger partial charge in [-0.1, -0.05) is 30.3 Å². The first-order valence-corrected chi connectivity index (χ1v) is 8.74. The predicted molar refractivity (Wildman–Crippen MR) is 113 cm³/mol. The van der Waals surface area contributed by atoms with Crippen molar-refractivity contribution in [2.24, 2.45) is 5.73 Å². The predicted octanol–water partition coefficient (Wildman–Crippen LogP) is 1.72. The first-order chi connectivity index (χ1) is 13.0. The van der Waals surface area contributed by atoms with Crippen LogP contribution in [0.3, 0.4) is 0 Å². The molecule has 0 unspecified atom stereocenters. The Morgan fingerprint density at radius 3 is 2.18 bits per heavy atom. The van der Waals surface area contributed by atoms with E-state index in [1.165, 1.54) is 0 Å². The van der Waals surface area contributed by atoms with Crippen LogP contribution in [-0.2, 0) is 20.8 Å². The van der Waals surface area contributed by atoms with E-state index in [-0.39, 0.29) is 43.7 Å².